The summed E-state index contributed by atoms with van der Waals surface area (Å²) in [6.07, 6.45) is 6.87. The molecule has 0 heterocycles. The smallest absolute Gasteiger partial charge is 0.221 e. The number of halogens is 1. The van der Waals surface area contributed by atoms with Crippen LogP contribution in [0.4, 0.5) is 0 Å². The summed E-state index contributed by atoms with van der Waals surface area (Å²) in [6, 6.07) is 7.97. The van der Waals surface area contributed by atoms with E-state index in [0.717, 1.165) is 24.8 Å². The third-order valence-electron chi connectivity index (χ3n) is 4.62. The number of rotatable bonds is 7. The lowest BCUT2D eigenvalue weighted by Gasteiger charge is -2.33. The Bertz CT molecular complexity index is 556. The summed E-state index contributed by atoms with van der Waals surface area (Å²) >= 11 is 5.95. The van der Waals surface area contributed by atoms with Crippen LogP contribution in [0.1, 0.15) is 51.0 Å². The van der Waals surface area contributed by atoms with Crippen LogP contribution in [0.3, 0.4) is 0 Å². The van der Waals surface area contributed by atoms with E-state index in [4.69, 9.17) is 11.6 Å². The van der Waals surface area contributed by atoms with Gasteiger partial charge in [0, 0.05) is 37.5 Å². The molecule has 1 aromatic carbocycles. The molecule has 0 spiro atoms. The maximum absolute atomic E-state index is 12.0. The van der Waals surface area contributed by atoms with Gasteiger partial charge in [-0.2, -0.15) is 0 Å². The molecule has 1 aromatic rings. The predicted octanol–water partition coefficient (Wildman–Crippen LogP) is 3.57. The van der Waals surface area contributed by atoms with E-state index in [0.29, 0.717) is 30.6 Å². The minimum atomic E-state index is -0.000845. The van der Waals surface area contributed by atoms with Gasteiger partial charge in [-0.1, -0.05) is 43.0 Å². The summed E-state index contributed by atoms with van der Waals surface area (Å²) in [5.41, 5.74) is 1.11. The Morgan fingerprint density at radius 1 is 1.25 bits per heavy atom. The van der Waals surface area contributed by atoms with Gasteiger partial charge < -0.3 is 10.2 Å². The summed E-state index contributed by atoms with van der Waals surface area (Å²) < 4.78 is 0. The molecule has 1 fully saturated rings. The Balaban J connectivity index is 1.71. The van der Waals surface area contributed by atoms with Gasteiger partial charge in [0.05, 0.1) is 0 Å². The first kappa shape index (κ1) is 18.8. The Labute approximate surface area is 149 Å². The van der Waals surface area contributed by atoms with Crippen LogP contribution in [-0.4, -0.2) is 35.8 Å². The zero-order chi connectivity index (χ0) is 17.4. The minimum Gasteiger partial charge on any atom is -0.356 e. The topological polar surface area (TPSA) is 49.4 Å². The summed E-state index contributed by atoms with van der Waals surface area (Å²) in [7, 11) is 0. The van der Waals surface area contributed by atoms with Crippen LogP contribution in [0, 0.1) is 0 Å². The van der Waals surface area contributed by atoms with Crippen LogP contribution in [0.25, 0.3) is 0 Å². The van der Waals surface area contributed by atoms with Crippen LogP contribution in [0.15, 0.2) is 24.3 Å². The van der Waals surface area contributed by atoms with Gasteiger partial charge in [0.1, 0.15) is 0 Å². The fourth-order valence-corrected chi connectivity index (χ4v) is 3.55. The van der Waals surface area contributed by atoms with Crippen LogP contribution >= 0.6 is 11.6 Å². The normalized spacial score (nSPS) is 15.1. The van der Waals surface area contributed by atoms with Crippen LogP contribution in [-0.2, 0) is 16.0 Å². The molecule has 1 N–H and O–H groups in total. The fourth-order valence-electron chi connectivity index (χ4n) is 3.34. The maximum atomic E-state index is 12.0. The molecule has 0 unspecified atom stereocenters. The largest absolute Gasteiger partial charge is 0.356 e. The lowest BCUT2D eigenvalue weighted by Crippen LogP contribution is -2.42. The third-order valence-corrected chi connectivity index (χ3v) is 4.86. The van der Waals surface area contributed by atoms with E-state index in [1.807, 2.05) is 29.2 Å². The van der Waals surface area contributed by atoms with Crippen molar-refractivity contribution >= 4 is 23.4 Å². The van der Waals surface area contributed by atoms with Gasteiger partial charge in [0.2, 0.25) is 11.8 Å². The van der Waals surface area contributed by atoms with Gasteiger partial charge in [-0.15, -0.1) is 0 Å². The summed E-state index contributed by atoms with van der Waals surface area (Å²) in [6.45, 7) is 2.71. The molecule has 24 heavy (non-hydrogen) atoms. The molecule has 132 valence electrons. The standard InChI is InChI=1S/C19H27ClN2O2/c1-15(23)22(18-8-3-2-4-9-18)13-11-19(24)21-12-10-16-6-5-7-17(20)14-16/h5-7,14,18H,2-4,8-13H2,1H3,(H,21,24). The number of carbonyl (C=O) groups excluding carboxylic acids is 2. The van der Waals surface area contributed by atoms with Gasteiger partial charge in [-0.05, 0) is 37.0 Å². The van der Waals surface area contributed by atoms with E-state index in [1.54, 1.807) is 6.92 Å². The zero-order valence-corrected chi connectivity index (χ0v) is 15.1. The Kier molecular flexibility index (Phi) is 7.57. The molecule has 4 nitrogen and oxygen atoms in total. The molecule has 1 saturated carbocycles. The number of amides is 2. The first-order valence-corrected chi connectivity index (χ1v) is 9.22. The average molecular weight is 351 g/mol. The van der Waals surface area contributed by atoms with Gasteiger partial charge in [-0.25, -0.2) is 0 Å². The fraction of sp³-hybridized carbons (Fsp3) is 0.579. The predicted molar refractivity (Wildman–Crippen MR) is 97.0 cm³/mol. The Morgan fingerprint density at radius 3 is 2.67 bits per heavy atom. The number of nitrogens with one attached hydrogen (secondary N) is 1. The highest BCUT2D eigenvalue weighted by molar-refractivity contribution is 6.30. The maximum Gasteiger partial charge on any atom is 0.221 e. The lowest BCUT2D eigenvalue weighted by atomic mass is 9.94. The van der Waals surface area contributed by atoms with Gasteiger partial charge >= 0.3 is 0 Å². The molecular weight excluding hydrogens is 324 g/mol. The van der Waals surface area contributed by atoms with Gasteiger partial charge in [-0.3, -0.25) is 9.59 Å². The van der Waals surface area contributed by atoms with Crippen LogP contribution in [0.2, 0.25) is 5.02 Å². The van der Waals surface area contributed by atoms with Crippen molar-refractivity contribution in [1.29, 1.82) is 0 Å². The first-order chi connectivity index (χ1) is 11.6. The summed E-state index contributed by atoms with van der Waals surface area (Å²) in [5.74, 6) is 0.0766. The van der Waals surface area contributed by atoms with Gasteiger partial charge in [0.25, 0.3) is 0 Å². The summed E-state index contributed by atoms with van der Waals surface area (Å²) in [4.78, 5) is 25.8. The number of hydrogen-bond donors (Lipinski definition) is 1. The second-order valence-corrected chi connectivity index (χ2v) is 6.92. The van der Waals surface area contributed by atoms with E-state index in [9.17, 15) is 9.59 Å². The van der Waals surface area contributed by atoms with Crippen molar-refractivity contribution in [3.05, 3.63) is 34.9 Å². The molecule has 0 saturated heterocycles. The molecule has 0 aromatic heterocycles. The molecular formula is C19H27ClN2O2. The number of nitrogens with zero attached hydrogens (tertiary/aromatic N) is 1. The highest BCUT2D eigenvalue weighted by Gasteiger charge is 2.23. The molecule has 5 heteroatoms. The van der Waals surface area contributed by atoms with Crippen molar-refractivity contribution in [2.24, 2.45) is 0 Å². The Morgan fingerprint density at radius 2 is 2.00 bits per heavy atom. The molecule has 0 aliphatic heterocycles. The molecule has 2 rings (SSSR count). The van der Waals surface area contributed by atoms with Crippen molar-refractivity contribution in [3.8, 4) is 0 Å². The van der Waals surface area contributed by atoms with E-state index < -0.39 is 0 Å². The highest BCUT2D eigenvalue weighted by Crippen LogP contribution is 2.22. The minimum absolute atomic E-state index is 0.000845. The number of carbonyl (C=O) groups is 2. The average Bonchev–Trinajstić information content (AvgIpc) is 2.56. The molecule has 2 amide bonds. The van der Waals surface area contributed by atoms with E-state index in [2.05, 4.69) is 5.32 Å². The van der Waals surface area contributed by atoms with Crippen molar-refractivity contribution in [1.82, 2.24) is 10.2 Å². The van der Waals surface area contributed by atoms with E-state index in [1.165, 1.54) is 19.3 Å². The monoisotopic (exact) mass is 350 g/mol. The second-order valence-electron chi connectivity index (χ2n) is 6.48. The number of hydrogen-bond acceptors (Lipinski definition) is 2. The lowest BCUT2D eigenvalue weighted by molar-refractivity contribution is -0.132. The molecule has 0 bridgehead atoms. The third kappa shape index (κ3) is 6.16. The van der Waals surface area contributed by atoms with Crippen molar-refractivity contribution in [3.63, 3.8) is 0 Å². The van der Waals surface area contributed by atoms with Crippen molar-refractivity contribution in [2.45, 2.75) is 57.9 Å². The first-order valence-electron chi connectivity index (χ1n) is 8.84. The van der Waals surface area contributed by atoms with Crippen LogP contribution < -0.4 is 5.32 Å². The zero-order valence-electron chi connectivity index (χ0n) is 14.4. The van der Waals surface area contributed by atoms with Crippen molar-refractivity contribution in [2.75, 3.05) is 13.1 Å². The van der Waals surface area contributed by atoms with Crippen molar-refractivity contribution < 1.29 is 9.59 Å². The quantitative estimate of drug-likeness (QED) is 0.817. The molecule has 1 aliphatic rings. The SMILES string of the molecule is CC(=O)N(CCC(=O)NCCc1cccc(Cl)c1)C1CCCCC1. The summed E-state index contributed by atoms with van der Waals surface area (Å²) in [5, 5.41) is 3.64. The molecule has 0 radical (unpaired) electrons. The Hall–Kier alpha value is -1.55. The highest BCUT2D eigenvalue weighted by atomic mass is 35.5. The van der Waals surface area contributed by atoms with E-state index >= 15 is 0 Å². The number of benzene rings is 1. The second kappa shape index (κ2) is 9.67. The van der Waals surface area contributed by atoms with E-state index in [-0.39, 0.29) is 11.8 Å². The molecule has 0 atom stereocenters. The molecule has 1 aliphatic carbocycles. The van der Waals surface area contributed by atoms with Gasteiger partial charge in [0.15, 0.2) is 0 Å². The van der Waals surface area contributed by atoms with Crippen LogP contribution in [0.5, 0.6) is 0 Å².